The van der Waals surface area contributed by atoms with E-state index in [4.69, 9.17) is 5.73 Å². The van der Waals surface area contributed by atoms with Crippen molar-refractivity contribution in [1.82, 2.24) is 5.32 Å². The van der Waals surface area contributed by atoms with Gasteiger partial charge in [0.05, 0.1) is 0 Å². The van der Waals surface area contributed by atoms with Gasteiger partial charge >= 0.3 is 0 Å². The Labute approximate surface area is 154 Å². The van der Waals surface area contributed by atoms with Gasteiger partial charge in [-0.15, -0.1) is 11.8 Å². The molecule has 0 radical (unpaired) electrons. The van der Waals surface area contributed by atoms with Crippen LogP contribution < -0.4 is 11.1 Å². The summed E-state index contributed by atoms with van der Waals surface area (Å²) in [6.07, 6.45) is 4.09. The Balaban J connectivity index is 1.41. The predicted octanol–water partition coefficient (Wildman–Crippen LogP) is 4.78. The third-order valence-corrected chi connectivity index (χ3v) is 5.32. The minimum Gasteiger partial charge on any atom is -0.324 e. The number of nitrogens with one attached hydrogen (secondary N) is 1. The number of thioether (sulfide) groups is 1. The maximum atomic E-state index is 6.30. The zero-order chi connectivity index (χ0) is 17.5. The molecular formula is C22H26N2S. The van der Waals surface area contributed by atoms with Crippen LogP contribution in [-0.2, 0) is 6.42 Å². The molecule has 0 spiro atoms. The molecule has 0 aromatic heterocycles. The van der Waals surface area contributed by atoms with E-state index in [9.17, 15) is 0 Å². The van der Waals surface area contributed by atoms with Crippen LogP contribution in [-0.4, -0.2) is 19.3 Å². The molecule has 2 nitrogen and oxygen atoms in total. The van der Waals surface area contributed by atoms with Crippen LogP contribution in [0.2, 0.25) is 0 Å². The Kier molecular flexibility index (Phi) is 6.51. The highest BCUT2D eigenvalue weighted by Gasteiger charge is 2.05. The quantitative estimate of drug-likeness (QED) is 0.453. The summed E-state index contributed by atoms with van der Waals surface area (Å²) in [6.45, 7) is 1.93. The molecule has 0 bridgehead atoms. The highest BCUT2D eigenvalue weighted by atomic mass is 32.2. The van der Waals surface area contributed by atoms with E-state index >= 15 is 0 Å². The van der Waals surface area contributed by atoms with Gasteiger partial charge in [0.1, 0.15) is 0 Å². The topological polar surface area (TPSA) is 38.0 Å². The molecule has 0 aliphatic carbocycles. The first-order valence-corrected chi connectivity index (χ1v) is 10.1. The van der Waals surface area contributed by atoms with Gasteiger partial charge < -0.3 is 11.1 Å². The molecule has 3 heteroatoms. The maximum absolute atomic E-state index is 6.30. The van der Waals surface area contributed by atoms with Crippen molar-refractivity contribution in [3.8, 4) is 0 Å². The smallest absolute Gasteiger partial charge is 0.0307 e. The first-order chi connectivity index (χ1) is 12.3. The standard InChI is InChI=1S/C22H26N2S/c1-25-21-10-8-19(9-11-21)22(23)13-15-24-14-12-17-6-7-18-4-2-3-5-20(18)16-17/h2-11,16,22,24H,12-15,23H2,1H3. The zero-order valence-corrected chi connectivity index (χ0v) is 15.6. The van der Waals surface area contributed by atoms with Gasteiger partial charge in [0, 0.05) is 10.9 Å². The van der Waals surface area contributed by atoms with Crippen molar-refractivity contribution in [2.75, 3.05) is 19.3 Å². The van der Waals surface area contributed by atoms with E-state index in [0.29, 0.717) is 0 Å². The molecule has 3 rings (SSSR count). The fraction of sp³-hybridized carbons (Fsp3) is 0.273. The molecule has 1 unspecified atom stereocenters. The molecule has 0 amide bonds. The molecule has 0 heterocycles. The van der Waals surface area contributed by atoms with E-state index in [-0.39, 0.29) is 6.04 Å². The second kappa shape index (κ2) is 9.04. The molecule has 25 heavy (non-hydrogen) atoms. The molecule has 3 aromatic rings. The second-order valence-electron chi connectivity index (χ2n) is 6.35. The van der Waals surface area contributed by atoms with Crippen molar-refractivity contribution in [3.05, 3.63) is 77.9 Å². The third kappa shape index (κ3) is 5.08. The SMILES string of the molecule is CSc1ccc(C(N)CCNCCc2ccc3ccccc3c2)cc1. The molecule has 1 atom stereocenters. The van der Waals surface area contributed by atoms with E-state index in [2.05, 4.69) is 78.3 Å². The van der Waals surface area contributed by atoms with E-state index in [1.807, 2.05) is 0 Å². The first-order valence-electron chi connectivity index (χ1n) is 8.84. The van der Waals surface area contributed by atoms with Gasteiger partial charge in [0.2, 0.25) is 0 Å². The Morgan fingerprint density at radius 3 is 2.44 bits per heavy atom. The van der Waals surface area contributed by atoms with Crippen LogP contribution in [0.3, 0.4) is 0 Å². The number of nitrogens with two attached hydrogens (primary N) is 1. The lowest BCUT2D eigenvalue weighted by atomic mass is 10.0. The average Bonchev–Trinajstić information content (AvgIpc) is 2.67. The number of fused-ring (bicyclic) bond motifs is 1. The van der Waals surface area contributed by atoms with Gasteiger partial charge in [0.25, 0.3) is 0 Å². The van der Waals surface area contributed by atoms with Gasteiger partial charge in [-0.25, -0.2) is 0 Å². The fourth-order valence-electron chi connectivity index (χ4n) is 3.03. The number of benzene rings is 3. The summed E-state index contributed by atoms with van der Waals surface area (Å²) in [5.74, 6) is 0. The van der Waals surface area contributed by atoms with E-state index in [0.717, 1.165) is 25.9 Å². The van der Waals surface area contributed by atoms with Crippen LogP contribution in [0.5, 0.6) is 0 Å². The molecular weight excluding hydrogens is 324 g/mol. The van der Waals surface area contributed by atoms with Crippen molar-refractivity contribution < 1.29 is 0 Å². The lowest BCUT2D eigenvalue weighted by molar-refractivity contribution is 0.581. The molecule has 0 aliphatic rings. The molecule has 0 aliphatic heterocycles. The van der Waals surface area contributed by atoms with Crippen molar-refractivity contribution in [3.63, 3.8) is 0 Å². The van der Waals surface area contributed by atoms with Gasteiger partial charge in [-0.3, -0.25) is 0 Å². The Bertz CT molecular complexity index is 798. The fourth-order valence-corrected chi connectivity index (χ4v) is 3.44. The largest absolute Gasteiger partial charge is 0.324 e. The minimum absolute atomic E-state index is 0.101. The van der Waals surface area contributed by atoms with Crippen LogP contribution in [0, 0.1) is 0 Å². The Hall–Kier alpha value is -1.81. The first kappa shape index (κ1) is 18.0. The lowest BCUT2D eigenvalue weighted by Crippen LogP contribution is -2.23. The summed E-state index contributed by atoms with van der Waals surface area (Å²) in [7, 11) is 0. The summed E-state index contributed by atoms with van der Waals surface area (Å²) in [6, 6.07) is 23.9. The highest BCUT2D eigenvalue weighted by molar-refractivity contribution is 7.98. The summed E-state index contributed by atoms with van der Waals surface area (Å²) in [5.41, 5.74) is 8.89. The van der Waals surface area contributed by atoms with Crippen molar-refractivity contribution >= 4 is 22.5 Å². The average molecular weight is 351 g/mol. The molecule has 3 aromatic carbocycles. The van der Waals surface area contributed by atoms with Gasteiger partial charge in [-0.05, 0) is 66.2 Å². The predicted molar refractivity (Wildman–Crippen MR) is 110 cm³/mol. The third-order valence-electron chi connectivity index (χ3n) is 4.58. The minimum atomic E-state index is 0.101. The van der Waals surface area contributed by atoms with Crippen molar-refractivity contribution in [2.45, 2.75) is 23.8 Å². The monoisotopic (exact) mass is 350 g/mol. The van der Waals surface area contributed by atoms with Crippen LogP contribution in [0.25, 0.3) is 10.8 Å². The molecule has 0 saturated heterocycles. The molecule has 130 valence electrons. The van der Waals surface area contributed by atoms with E-state index < -0.39 is 0 Å². The number of hydrogen-bond donors (Lipinski definition) is 2. The number of rotatable bonds is 8. The zero-order valence-electron chi connectivity index (χ0n) is 14.7. The molecule has 0 saturated carbocycles. The summed E-state index contributed by atoms with van der Waals surface area (Å²) >= 11 is 1.76. The Morgan fingerprint density at radius 1 is 0.920 bits per heavy atom. The van der Waals surface area contributed by atoms with Gasteiger partial charge in [-0.1, -0.05) is 54.6 Å². The Morgan fingerprint density at radius 2 is 1.68 bits per heavy atom. The molecule has 3 N–H and O–H groups in total. The van der Waals surface area contributed by atoms with Crippen LogP contribution in [0.1, 0.15) is 23.6 Å². The summed E-state index contributed by atoms with van der Waals surface area (Å²) in [5, 5.41) is 6.14. The summed E-state index contributed by atoms with van der Waals surface area (Å²) < 4.78 is 0. The van der Waals surface area contributed by atoms with E-state index in [1.54, 1.807) is 11.8 Å². The lowest BCUT2D eigenvalue weighted by Gasteiger charge is -2.13. The maximum Gasteiger partial charge on any atom is 0.0307 e. The number of hydrogen-bond acceptors (Lipinski definition) is 3. The van der Waals surface area contributed by atoms with Gasteiger partial charge in [-0.2, -0.15) is 0 Å². The highest BCUT2D eigenvalue weighted by Crippen LogP contribution is 2.19. The van der Waals surface area contributed by atoms with Crippen LogP contribution >= 0.6 is 11.8 Å². The van der Waals surface area contributed by atoms with E-state index in [1.165, 1.54) is 26.8 Å². The normalized spacial score (nSPS) is 12.4. The van der Waals surface area contributed by atoms with Gasteiger partial charge in [0.15, 0.2) is 0 Å². The molecule has 0 fully saturated rings. The van der Waals surface area contributed by atoms with Crippen molar-refractivity contribution in [1.29, 1.82) is 0 Å². The van der Waals surface area contributed by atoms with Crippen LogP contribution in [0.15, 0.2) is 71.6 Å². The van der Waals surface area contributed by atoms with Crippen LogP contribution in [0.4, 0.5) is 0 Å². The van der Waals surface area contributed by atoms with Crippen molar-refractivity contribution in [2.24, 2.45) is 5.73 Å². The second-order valence-corrected chi connectivity index (χ2v) is 7.23. The summed E-state index contributed by atoms with van der Waals surface area (Å²) in [4.78, 5) is 1.28.